The maximum absolute atomic E-state index is 12.4. The predicted molar refractivity (Wildman–Crippen MR) is 87.9 cm³/mol. The van der Waals surface area contributed by atoms with Gasteiger partial charge in [0.15, 0.2) is 5.69 Å². The van der Waals surface area contributed by atoms with E-state index in [0.29, 0.717) is 22.6 Å². The zero-order chi connectivity index (χ0) is 17.1. The average Bonchev–Trinajstić information content (AvgIpc) is 3.00. The first-order chi connectivity index (χ1) is 11.7. The van der Waals surface area contributed by atoms with Gasteiger partial charge in [0.25, 0.3) is 0 Å². The molecular formula is C18H16N2O4. The minimum atomic E-state index is -0.463. The first-order valence-electron chi connectivity index (χ1n) is 7.48. The van der Waals surface area contributed by atoms with Gasteiger partial charge in [-0.3, -0.25) is 4.40 Å². The Morgan fingerprint density at radius 3 is 2.54 bits per heavy atom. The van der Waals surface area contributed by atoms with Crippen LogP contribution in [0.15, 0.2) is 48.7 Å². The van der Waals surface area contributed by atoms with E-state index in [4.69, 9.17) is 9.47 Å². The summed E-state index contributed by atoms with van der Waals surface area (Å²) in [5, 5.41) is 0. The number of ether oxygens (including phenoxy) is 2. The molecule has 0 bridgehead atoms. The molecule has 6 nitrogen and oxygen atoms in total. The van der Waals surface area contributed by atoms with E-state index >= 15 is 0 Å². The lowest BCUT2D eigenvalue weighted by molar-refractivity contribution is 0.0518. The summed E-state index contributed by atoms with van der Waals surface area (Å²) in [6.07, 6.45) is 1.62. The second kappa shape index (κ2) is 6.54. The fraction of sp³-hybridized carbons (Fsp3) is 0.167. The van der Waals surface area contributed by atoms with Crippen LogP contribution in [-0.2, 0) is 9.47 Å². The van der Waals surface area contributed by atoms with Crippen molar-refractivity contribution in [2.24, 2.45) is 0 Å². The number of aromatic nitrogens is 2. The van der Waals surface area contributed by atoms with Crippen LogP contribution in [-0.4, -0.2) is 35.0 Å². The summed E-state index contributed by atoms with van der Waals surface area (Å²) < 4.78 is 11.5. The van der Waals surface area contributed by atoms with Crippen molar-refractivity contribution in [2.75, 3.05) is 13.7 Å². The van der Waals surface area contributed by atoms with Crippen LogP contribution < -0.4 is 0 Å². The second-order valence-electron chi connectivity index (χ2n) is 5.03. The van der Waals surface area contributed by atoms with Crippen LogP contribution >= 0.6 is 0 Å². The summed E-state index contributed by atoms with van der Waals surface area (Å²) in [6.45, 7) is 2.01. The van der Waals surface area contributed by atoms with Crippen molar-refractivity contribution in [1.82, 2.24) is 9.38 Å². The lowest BCUT2D eigenvalue weighted by Gasteiger charge is -2.05. The summed E-state index contributed by atoms with van der Waals surface area (Å²) in [6, 6.07) is 12.5. The molecule has 0 saturated carbocycles. The number of fused-ring (bicyclic) bond motifs is 1. The Kier molecular flexibility index (Phi) is 4.29. The zero-order valence-corrected chi connectivity index (χ0v) is 13.4. The zero-order valence-electron chi connectivity index (χ0n) is 13.4. The number of methoxy groups -OCH3 is 1. The lowest BCUT2D eigenvalue weighted by Crippen LogP contribution is -2.10. The van der Waals surface area contributed by atoms with Gasteiger partial charge in [0.05, 0.1) is 19.3 Å². The standard InChI is InChI=1S/C18H16N2O4/c1-3-24-18(22)16-15(12-7-5-4-6-8-12)19-14-11-13(17(21)23-2)9-10-20(14)16/h4-11H,3H2,1-2H3. The van der Waals surface area contributed by atoms with Crippen LogP contribution in [0.5, 0.6) is 0 Å². The molecule has 0 spiro atoms. The Balaban J connectivity index is 2.23. The van der Waals surface area contributed by atoms with Gasteiger partial charge in [0.1, 0.15) is 11.3 Å². The maximum Gasteiger partial charge on any atom is 0.357 e. The van der Waals surface area contributed by atoms with Gasteiger partial charge >= 0.3 is 11.9 Å². The maximum atomic E-state index is 12.4. The van der Waals surface area contributed by atoms with E-state index in [1.54, 1.807) is 29.7 Å². The van der Waals surface area contributed by atoms with Crippen molar-refractivity contribution in [2.45, 2.75) is 6.92 Å². The Morgan fingerprint density at radius 1 is 1.12 bits per heavy atom. The van der Waals surface area contributed by atoms with Crippen LogP contribution in [0.25, 0.3) is 16.9 Å². The van der Waals surface area contributed by atoms with Crippen LogP contribution in [0, 0.1) is 0 Å². The van der Waals surface area contributed by atoms with E-state index in [1.807, 2.05) is 30.3 Å². The van der Waals surface area contributed by atoms with Gasteiger partial charge in [-0.05, 0) is 19.1 Å². The van der Waals surface area contributed by atoms with Crippen molar-refractivity contribution in [3.63, 3.8) is 0 Å². The Hall–Kier alpha value is -3.15. The number of benzene rings is 1. The van der Waals surface area contributed by atoms with E-state index in [1.165, 1.54) is 7.11 Å². The molecule has 1 aromatic carbocycles. The molecule has 0 aliphatic rings. The fourth-order valence-corrected chi connectivity index (χ4v) is 2.48. The molecule has 24 heavy (non-hydrogen) atoms. The van der Waals surface area contributed by atoms with Gasteiger partial charge in [0, 0.05) is 11.8 Å². The number of carbonyl (C=O) groups excluding carboxylic acids is 2. The van der Waals surface area contributed by atoms with E-state index in [9.17, 15) is 9.59 Å². The van der Waals surface area contributed by atoms with Crippen molar-refractivity contribution in [1.29, 1.82) is 0 Å². The van der Waals surface area contributed by atoms with Crippen LogP contribution in [0.1, 0.15) is 27.8 Å². The van der Waals surface area contributed by atoms with E-state index < -0.39 is 11.9 Å². The Bertz CT molecular complexity index is 900. The summed E-state index contributed by atoms with van der Waals surface area (Å²) in [5.41, 5.74) is 2.47. The lowest BCUT2D eigenvalue weighted by atomic mass is 10.1. The minimum absolute atomic E-state index is 0.264. The number of nitrogens with zero attached hydrogens (tertiary/aromatic N) is 2. The summed E-state index contributed by atoms with van der Waals surface area (Å²) in [5.74, 6) is -0.922. The Morgan fingerprint density at radius 2 is 1.88 bits per heavy atom. The van der Waals surface area contributed by atoms with Gasteiger partial charge in [-0.1, -0.05) is 30.3 Å². The number of hydrogen-bond acceptors (Lipinski definition) is 5. The molecule has 6 heteroatoms. The first kappa shape index (κ1) is 15.7. The van der Waals surface area contributed by atoms with Crippen LogP contribution in [0.2, 0.25) is 0 Å². The SMILES string of the molecule is CCOC(=O)c1c(-c2ccccc2)nc2cc(C(=O)OC)ccn12. The Labute approximate surface area is 138 Å². The third-order valence-corrected chi connectivity index (χ3v) is 3.56. The molecule has 0 N–H and O–H groups in total. The normalized spacial score (nSPS) is 10.6. The fourth-order valence-electron chi connectivity index (χ4n) is 2.48. The monoisotopic (exact) mass is 324 g/mol. The molecule has 0 amide bonds. The molecule has 0 fully saturated rings. The largest absolute Gasteiger partial charge is 0.465 e. The molecule has 0 atom stereocenters. The highest BCUT2D eigenvalue weighted by Crippen LogP contribution is 2.25. The third-order valence-electron chi connectivity index (χ3n) is 3.56. The molecule has 2 aromatic heterocycles. The van der Waals surface area contributed by atoms with Gasteiger partial charge in [0.2, 0.25) is 0 Å². The smallest absolute Gasteiger partial charge is 0.357 e. The molecule has 0 aliphatic heterocycles. The second-order valence-corrected chi connectivity index (χ2v) is 5.03. The first-order valence-corrected chi connectivity index (χ1v) is 7.48. The van der Waals surface area contributed by atoms with Gasteiger partial charge in [-0.15, -0.1) is 0 Å². The van der Waals surface area contributed by atoms with Gasteiger partial charge < -0.3 is 9.47 Å². The van der Waals surface area contributed by atoms with E-state index in [2.05, 4.69) is 4.98 Å². The van der Waals surface area contributed by atoms with Crippen molar-refractivity contribution in [3.8, 4) is 11.3 Å². The van der Waals surface area contributed by atoms with E-state index in [0.717, 1.165) is 5.56 Å². The topological polar surface area (TPSA) is 69.9 Å². The van der Waals surface area contributed by atoms with Crippen molar-refractivity contribution in [3.05, 3.63) is 59.9 Å². The third kappa shape index (κ3) is 2.74. The number of esters is 2. The van der Waals surface area contributed by atoms with E-state index in [-0.39, 0.29) is 6.61 Å². The minimum Gasteiger partial charge on any atom is -0.465 e. The van der Waals surface area contributed by atoms with Gasteiger partial charge in [-0.25, -0.2) is 14.6 Å². The summed E-state index contributed by atoms with van der Waals surface area (Å²) in [7, 11) is 1.32. The highest BCUT2D eigenvalue weighted by atomic mass is 16.5. The van der Waals surface area contributed by atoms with Crippen molar-refractivity contribution >= 4 is 17.6 Å². The molecule has 0 saturated heterocycles. The highest BCUT2D eigenvalue weighted by molar-refractivity contribution is 5.97. The number of rotatable bonds is 4. The molecule has 0 aliphatic carbocycles. The molecule has 2 heterocycles. The average molecular weight is 324 g/mol. The van der Waals surface area contributed by atoms with Crippen LogP contribution in [0.3, 0.4) is 0 Å². The van der Waals surface area contributed by atoms with Crippen LogP contribution in [0.4, 0.5) is 0 Å². The number of imidazole rings is 1. The molecule has 3 aromatic rings. The number of carbonyl (C=O) groups is 2. The van der Waals surface area contributed by atoms with Gasteiger partial charge in [-0.2, -0.15) is 0 Å². The molecular weight excluding hydrogens is 308 g/mol. The summed E-state index contributed by atoms with van der Waals surface area (Å²) in [4.78, 5) is 28.6. The predicted octanol–water partition coefficient (Wildman–Crippen LogP) is 2.96. The quantitative estimate of drug-likeness (QED) is 0.690. The number of pyridine rings is 1. The number of hydrogen-bond donors (Lipinski definition) is 0. The molecule has 0 unspecified atom stereocenters. The highest BCUT2D eigenvalue weighted by Gasteiger charge is 2.22. The molecule has 3 rings (SSSR count). The summed E-state index contributed by atoms with van der Waals surface area (Å²) >= 11 is 0. The van der Waals surface area contributed by atoms with Crippen molar-refractivity contribution < 1.29 is 19.1 Å². The molecule has 122 valence electrons. The molecule has 0 radical (unpaired) electrons.